The van der Waals surface area contributed by atoms with Crippen LogP contribution in [-0.4, -0.2) is 307 Å². The van der Waals surface area contributed by atoms with Crippen LogP contribution in [0.2, 0.25) is 0 Å². The van der Waals surface area contributed by atoms with Gasteiger partial charge in [-0.05, 0) is 158 Å². The fraction of sp³-hybridized carbons (Fsp3) is 0.707. The number of anilines is 1. The molecule has 3 aliphatic heterocycles. The molecule has 2 saturated heterocycles. The topological polar surface area (TPSA) is 440 Å². The number of rotatable bonds is 43. The van der Waals surface area contributed by atoms with Crippen molar-refractivity contribution >= 4 is 57.6 Å². The number of hydrogen-bond donors (Lipinski definition) is 8. The van der Waals surface area contributed by atoms with E-state index in [0.717, 1.165) is 59.4 Å². The monoisotopic (exact) mass is 1770 g/mol. The number of nitrogens with zero attached hydrogens (tertiary/aromatic N) is 5. The average Bonchev–Trinajstić information content (AvgIpc) is 1.60. The van der Waals surface area contributed by atoms with Crippen LogP contribution in [0.5, 0.6) is 5.75 Å². The van der Waals surface area contributed by atoms with E-state index in [0.29, 0.717) is 225 Å². The largest absolute Gasteiger partial charge is 0.495 e. The smallest absolute Gasteiger partial charge is 0.407 e. The van der Waals surface area contributed by atoms with Crippen LogP contribution in [0.15, 0.2) is 78.2 Å². The summed E-state index contributed by atoms with van der Waals surface area (Å²) in [6, 6.07) is 6.04. The van der Waals surface area contributed by atoms with Gasteiger partial charge in [-0.1, -0.05) is 69.4 Å². The zero-order chi connectivity index (χ0) is 90.2. The number of aliphatic hydroxyl groups excluding tert-OH is 2. The fourth-order valence-corrected chi connectivity index (χ4v) is 17.2. The van der Waals surface area contributed by atoms with Crippen molar-refractivity contribution in [2.75, 3.05) is 172 Å². The number of H-pyrrole nitrogens is 1. The maximum absolute atomic E-state index is 14.6. The molecular formula is C92H142N10O24. The zero-order valence-electron chi connectivity index (χ0n) is 75.3. The molecule has 1 aromatic carbocycles. The van der Waals surface area contributed by atoms with Gasteiger partial charge in [0.15, 0.2) is 11.6 Å². The maximum Gasteiger partial charge on any atom is 0.407 e. The van der Waals surface area contributed by atoms with Gasteiger partial charge in [0.1, 0.15) is 65.4 Å². The molecule has 2 aliphatic carbocycles. The zero-order valence-corrected chi connectivity index (χ0v) is 75.3. The standard InChI is InChI=1S/C92H142N10O24/c1-61-16-10-9-11-17-63(3)78(113-7)59-70-19-15-31-92(111,126-70)86(107)89(108)101-35-13-12-20-73(101)90(109)124-75(28-22-62(2)55-65(5)84(105)85(106)83(104)64(4)54-61)71(93)56-66-23-29-76(79(57-66)114-8)125-91(110)96-34-37-116-39-41-118-43-45-120-47-49-122-51-53-123-52-50-121-48-46-119-44-42-117-40-38-115-36-33-95-32-30-74(103)67-24-26-68(27-25-67)88-100-81(82-87(94)97-60-98-102(82)88)72-58-69-18-14-21-77(112-6)80(69)99-72/h9-11,14,16-18,21,55,58,60-62,64,66-68,70-71,73,75-76,78-79,84-85,95,99,105-106,111H,12-13,15,19-20,22-54,56-57,59,93H2,1-8H3,(H,96,110)(H2,94,97,98)/b11-9+,16-10+,63-17+,65-55+/t61-,62+,64-,66+,67-,68-,70+,71-,73+,75+,76-,78+,79-,84-,85+,92-/m1/s1. The number of ether oxygens (including phenoxy) is 15. The number of hydrogen-bond acceptors (Lipinski definition) is 30. The number of ketones is 3. The number of cyclic esters (lactones) is 1. The number of carbonyl (C=O) groups excluding carboxylic acids is 6. The molecule has 4 fully saturated rings. The van der Waals surface area contributed by atoms with Crippen LogP contribution in [-0.2, 0) is 90.3 Å². The predicted octanol–water partition coefficient (Wildman–Crippen LogP) is 8.38. The van der Waals surface area contributed by atoms with Crippen LogP contribution in [0.4, 0.5) is 10.6 Å². The van der Waals surface area contributed by atoms with Gasteiger partial charge in [-0.3, -0.25) is 19.2 Å². The lowest BCUT2D eigenvalue weighted by molar-refractivity contribution is -0.245. The molecule has 2 saturated carbocycles. The maximum atomic E-state index is 14.6. The number of allylic oxidation sites excluding steroid dienone is 6. The number of nitrogens with two attached hydrogens (primary N) is 2. The lowest BCUT2D eigenvalue weighted by Crippen LogP contribution is -2.58. The van der Waals surface area contributed by atoms with Crippen molar-refractivity contribution in [3.8, 4) is 17.1 Å². The average molecular weight is 1770 g/mol. The summed E-state index contributed by atoms with van der Waals surface area (Å²) in [6.07, 6.45) is 15.1. The molecule has 3 aromatic heterocycles. The van der Waals surface area contributed by atoms with Crippen LogP contribution < -0.4 is 26.8 Å². The van der Waals surface area contributed by atoms with Crippen molar-refractivity contribution in [1.82, 2.24) is 40.1 Å². The number of aromatic nitrogens is 5. The molecule has 4 aromatic rings. The Hall–Kier alpha value is -7.59. The van der Waals surface area contributed by atoms with Gasteiger partial charge in [-0.2, -0.15) is 5.10 Å². The van der Waals surface area contributed by atoms with Crippen molar-refractivity contribution in [1.29, 1.82) is 0 Å². The third kappa shape index (κ3) is 32.2. The van der Waals surface area contributed by atoms with Crippen molar-refractivity contribution in [2.45, 2.75) is 223 Å². The molecule has 34 nitrogen and oxygen atoms in total. The molecule has 14 atom stereocenters. The van der Waals surface area contributed by atoms with E-state index in [2.05, 4.69) is 25.7 Å². The number of nitrogens with one attached hydrogen (secondary N) is 3. The first kappa shape index (κ1) is 102. The highest BCUT2D eigenvalue weighted by Gasteiger charge is 2.50. The summed E-state index contributed by atoms with van der Waals surface area (Å²) in [4.78, 5) is 97.0. The first-order valence-electron chi connectivity index (χ1n) is 45.4. The minimum Gasteiger partial charge on any atom is -0.495 e. The Morgan fingerprint density at radius 1 is 0.683 bits per heavy atom. The molecule has 0 spiro atoms. The van der Waals surface area contributed by atoms with Crippen LogP contribution in [0, 0.1) is 29.6 Å². The Morgan fingerprint density at radius 2 is 1.33 bits per heavy atom. The summed E-state index contributed by atoms with van der Waals surface area (Å²) in [7, 11) is 4.77. The summed E-state index contributed by atoms with van der Waals surface area (Å²) in [5.74, 6) is -4.34. The van der Waals surface area contributed by atoms with Crippen LogP contribution in [0.25, 0.3) is 27.8 Å². The SMILES string of the molecule is COc1cccc2cc(-c3nc([C@H]4CC[C@H](C(=O)CCNCCOCCOCCOCCOCCOCCOCCOCCOCCOCCNC(=O)O[C@@H]5CC[C@@H](C[C@@H](N)[C@@H]6CC[C@H](C)/C=C(\C)[C@@H](O)[C@@H](O)C(=O)[C@H](C)C[C@H](C)/C=C/C=C/C=C(\C)[C@@H](OC)C[C@@H]7CCC[C@@](O)(O7)C(=O)C(=O)N7CCCC[C@H]7C(=O)O6)C[C@H]5OC)CC4)n4ncnc(N)c34)[nH]c12. The van der Waals surface area contributed by atoms with E-state index in [1.54, 1.807) is 41.3 Å². The second-order valence-electron chi connectivity index (χ2n) is 33.8. The van der Waals surface area contributed by atoms with Gasteiger partial charge in [0, 0.05) is 88.8 Å². The Bertz CT molecular complexity index is 4090. The van der Waals surface area contributed by atoms with E-state index in [4.69, 9.17) is 87.5 Å². The summed E-state index contributed by atoms with van der Waals surface area (Å²) in [5.41, 5.74) is 17.8. The van der Waals surface area contributed by atoms with E-state index >= 15 is 0 Å². The van der Waals surface area contributed by atoms with E-state index in [9.17, 15) is 44.1 Å². The Labute approximate surface area is 741 Å². The first-order chi connectivity index (χ1) is 61.0. The number of Topliss-reactive ketones (excluding diaryl/α,β-unsaturated/α-hetero) is 3. The highest BCUT2D eigenvalue weighted by atomic mass is 16.6. The summed E-state index contributed by atoms with van der Waals surface area (Å²) in [5, 5.41) is 46.0. The Balaban J connectivity index is 0.557. The van der Waals surface area contributed by atoms with Crippen molar-refractivity contribution < 1.29 is 115 Å². The van der Waals surface area contributed by atoms with E-state index < -0.39 is 96.1 Å². The number of fused-ring (bicyclic) bond motifs is 5. The van der Waals surface area contributed by atoms with E-state index in [1.165, 1.54) is 11.2 Å². The molecule has 126 heavy (non-hydrogen) atoms. The predicted molar refractivity (Wildman–Crippen MR) is 470 cm³/mol. The third-order valence-electron chi connectivity index (χ3n) is 24.3. The van der Waals surface area contributed by atoms with Gasteiger partial charge in [0.05, 0.1) is 156 Å². The second kappa shape index (κ2) is 54.8. The quantitative estimate of drug-likeness (QED) is 0.00892. The first-order valence-corrected chi connectivity index (χ1v) is 45.4. The molecule has 704 valence electrons. The number of esters is 1. The number of aromatic amines is 1. The molecule has 6 heterocycles. The minimum atomic E-state index is -2.42. The minimum absolute atomic E-state index is 0.0203. The van der Waals surface area contributed by atoms with Gasteiger partial charge in [0.2, 0.25) is 5.79 Å². The van der Waals surface area contributed by atoms with Crippen LogP contribution >= 0.6 is 0 Å². The van der Waals surface area contributed by atoms with Crippen LogP contribution in [0.1, 0.15) is 168 Å². The number of nitrogen functional groups attached to an aromatic ring is 1. The number of carbonyl (C=O) groups is 6. The normalized spacial score (nSPS) is 27.9. The molecule has 2 bridgehead atoms. The van der Waals surface area contributed by atoms with Gasteiger partial charge < -0.3 is 118 Å². The number of aliphatic hydroxyl groups is 3. The molecule has 9 rings (SSSR count). The molecule has 0 radical (unpaired) electrons. The highest BCUT2D eigenvalue weighted by molar-refractivity contribution is 6.39. The van der Waals surface area contributed by atoms with Gasteiger partial charge in [0.25, 0.3) is 11.7 Å². The number of para-hydroxylation sites is 1. The number of amides is 2. The van der Waals surface area contributed by atoms with Crippen LogP contribution in [0.3, 0.4) is 0 Å². The van der Waals surface area contributed by atoms with Crippen molar-refractivity contribution in [3.63, 3.8) is 0 Å². The fourth-order valence-electron chi connectivity index (χ4n) is 17.2. The van der Waals surface area contributed by atoms with E-state index in [-0.39, 0.29) is 74.3 Å². The van der Waals surface area contributed by atoms with Gasteiger partial charge in [-0.15, -0.1) is 0 Å². The van der Waals surface area contributed by atoms with Gasteiger partial charge in [-0.25, -0.2) is 24.1 Å². The van der Waals surface area contributed by atoms with Crippen molar-refractivity contribution in [2.24, 2.45) is 35.3 Å². The number of piperidine rings is 1. The molecular weight excluding hydrogens is 1630 g/mol. The van der Waals surface area contributed by atoms with Gasteiger partial charge >= 0.3 is 12.1 Å². The molecule has 5 aliphatic rings. The lowest BCUT2D eigenvalue weighted by Gasteiger charge is -2.40. The van der Waals surface area contributed by atoms with E-state index in [1.807, 2.05) is 79.9 Å². The molecule has 10 N–H and O–H groups in total. The number of methoxy groups -OCH3 is 3. The highest BCUT2D eigenvalue weighted by Crippen LogP contribution is 2.41. The Morgan fingerprint density at radius 3 is 1.96 bits per heavy atom. The molecule has 34 heteroatoms. The van der Waals surface area contributed by atoms with Crippen molar-refractivity contribution in [3.05, 3.63) is 84.0 Å². The number of benzene rings is 1. The summed E-state index contributed by atoms with van der Waals surface area (Å²) in [6.45, 7) is 18.0. The Kier molecular flexibility index (Phi) is 44.4. The molecule has 0 unspecified atom stereocenters. The lowest BCUT2D eigenvalue weighted by atomic mass is 9.79. The summed E-state index contributed by atoms with van der Waals surface area (Å²) >= 11 is 0. The second-order valence-corrected chi connectivity index (χ2v) is 33.8. The number of imidazole rings is 1. The molecule has 2 amide bonds. The third-order valence-corrected chi connectivity index (χ3v) is 24.3. The number of alkyl carbamates (subject to hydrolysis) is 1. The summed E-state index contributed by atoms with van der Waals surface area (Å²) < 4.78 is 88.0.